The van der Waals surface area contributed by atoms with Crippen molar-refractivity contribution in [3.8, 4) is 0 Å². The summed E-state index contributed by atoms with van der Waals surface area (Å²) >= 11 is 12.2. The molecule has 4 aliphatic rings. The molecule has 84 valence electrons. The van der Waals surface area contributed by atoms with E-state index in [1.807, 2.05) is 0 Å². The molecule has 4 unspecified atom stereocenters. The molecule has 15 heavy (non-hydrogen) atoms. The van der Waals surface area contributed by atoms with E-state index in [0.29, 0.717) is 25.2 Å². The molecule has 4 rings (SSSR count). The normalized spacial score (nSPS) is 57.1. The fraction of sp³-hybridized carbons (Fsp3) is 0.909. The van der Waals surface area contributed by atoms with Crippen LogP contribution in [0.2, 0.25) is 0 Å². The van der Waals surface area contributed by atoms with Gasteiger partial charge in [-0.3, -0.25) is 4.79 Å². The molecular formula is C11H14Cl2O2. The number of rotatable bonds is 1. The van der Waals surface area contributed by atoms with E-state index in [9.17, 15) is 9.90 Å². The Bertz CT molecular complexity index is 323. The lowest BCUT2D eigenvalue weighted by Crippen LogP contribution is -2.62. The molecule has 4 heteroatoms. The minimum atomic E-state index is -0.730. The van der Waals surface area contributed by atoms with Gasteiger partial charge in [0, 0.05) is 10.3 Å². The monoisotopic (exact) mass is 248 g/mol. The van der Waals surface area contributed by atoms with E-state index in [-0.39, 0.29) is 10.1 Å². The van der Waals surface area contributed by atoms with Gasteiger partial charge < -0.3 is 5.11 Å². The predicted octanol–water partition coefficient (Wildman–Crippen LogP) is 2.44. The van der Waals surface area contributed by atoms with Crippen LogP contribution in [0, 0.1) is 11.3 Å². The van der Waals surface area contributed by atoms with Gasteiger partial charge in [0.2, 0.25) is 5.24 Å². The third-order valence-corrected chi connectivity index (χ3v) is 5.21. The molecular weight excluding hydrogens is 235 g/mol. The van der Waals surface area contributed by atoms with Gasteiger partial charge >= 0.3 is 0 Å². The second-order valence-corrected chi connectivity index (χ2v) is 7.08. The van der Waals surface area contributed by atoms with Crippen molar-refractivity contribution in [2.45, 2.75) is 49.0 Å². The van der Waals surface area contributed by atoms with Crippen LogP contribution < -0.4 is 0 Å². The highest BCUT2D eigenvalue weighted by Crippen LogP contribution is 2.65. The Balaban J connectivity index is 2.05. The SMILES string of the molecule is O=C(Cl)C12CC3CC(O)(CC(Cl)(C3)C1)C2. The molecule has 1 N–H and O–H groups in total. The van der Waals surface area contributed by atoms with E-state index >= 15 is 0 Å². The molecule has 2 nitrogen and oxygen atoms in total. The number of alkyl halides is 1. The van der Waals surface area contributed by atoms with E-state index in [2.05, 4.69) is 0 Å². The second kappa shape index (κ2) is 2.72. The first-order chi connectivity index (χ1) is 6.85. The standard InChI is InChI=1S/C11H14Cl2O2/c12-8(14)9-1-7-2-10(13,4-9)6-11(15,3-7)5-9/h7,15H,1-6H2. The lowest BCUT2D eigenvalue weighted by molar-refractivity contribution is -0.165. The summed E-state index contributed by atoms with van der Waals surface area (Å²) in [4.78, 5) is 11.2. The Labute approximate surface area is 98.9 Å². The predicted molar refractivity (Wildman–Crippen MR) is 58.0 cm³/mol. The zero-order valence-corrected chi connectivity index (χ0v) is 9.94. The average Bonchev–Trinajstić information content (AvgIpc) is 1.95. The Morgan fingerprint density at radius 3 is 2.47 bits per heavy atom. The van der Waals surface area contributed by atoms with E-state index < -0.39 is 11.0 Å². The molecule has 0 aromatic rings. The minimum Gasteiger partial charge on any atom is -0.390 e. The number of halogens is 2. The Kier molecular flexibility index (Phi) is 1.88. The molecule has 0 radical (unpaired) electrons. The van der Waals surface area contributed by atoms with Crippen LogP contribution >= 0.6 is 23.2 Å². The number of aliphatic hydroxyl groups is 1. The largest absolute Gasteiger partial charge is 0.390 e. The summed E-state index contributed by atoms with van der Waals surface area (Å²) in [5.41, 5.74) is -1.26. The lowest BCUT2D eigenvalue weighted by Gasteiger charge is -2.61. The first kappa shape index (κ1) is 10.4. The van der Waals surface area contributed by atoms with Gasteiger partial charge in [-0.15, -0.1) is 11.6 Å². The van der Waals surface area contributed by atoms with Crippen LogP contribution in [0.1, 0.15) is 38.5 Å². The molecule has 0 aromatic carbocycles. The van der Waals surface area contributed by atoms with Crippen LogP contribution in [-0.2, 0) is 4.79 Å². The number of hydrogen-bond acceptors (Lipinski definition) is 2. The first-order valence-corrected chi connectivity index (χ1v) is 6.22. The smallest absolute Gasteiger partial charge is 0.227 e. The minimum absolute atomic E-state index is 0.296. The van der Waals surface area contributed by atoms with Crippen LogP contribution in [0.15, 0.2) is 0 Å². The Morgan fingerprint density at radius 1 is 1.20 bits per heavy atom. The maximum atomic E-state index is 11.6. The topological polar surface area (TPSA) is 37.3 Å². The lowest BCUT2D eigenvalue weighted by atomic mass is 9.48. The number of hydrogen-bond donors (Lipinski definition) is 1. The molecule has 4 bridgehead atoms. The van der Waals surface area contributed by atoms with Crippen LogP contribution in [0.4, 0.5) is 0 Å². The van der Waals surface area contributed by atoms with Gasteiger partial charge in [-0.25, -0.2) is 0 Å². The van der Waals surface area contributed by atoms with Crippen molar-refractivity contribution in [1.82, 2.24) is 0 Å². The summed E-state index contributed by atoms with van der Waals surface area (Å²) in [5.74, 6) is 0.381. The van der Waals surface area contributed by atoms with Crippen molar-refractivity contribution < 1.29 is 9.90 Å². The van der Waals surface area contributed by atoms with Crippen LogP contribution in [-0.4, -0.2) is 20.8 Å². The fourth-order valence-corrected chi connectivity index (χ4v) is 5.42. The molecule has 4 aliphatic carbocycles. The molecule has 0 spiro atoms. The van der Waals surface area contributed by atoms with Crippen molar-refractivity contribution in [2.24, 2.45) is 11.3 Å². The summed E-state index contributed by atoms with van der Waals surface area (Å²) in [5, 5.41) is 10.1. The molecule has 0 aliphatic heterocycles. The maximum absolute atomic E-state index is 11.6. The van der Waals surface area contributed by atoms with Crippen LogP contribution in [0.5, 0.6) is 0 Å². The van der Waals surface area contributed by atoms with Crippen molar-refractivity contribution >= 4 is 28.4 Å². The van der Waals surface area contributed by atoms with Crippen LogP contribution in [0.3, 0.4) is 0 Å². The summed E-state index contributed by atoms with van der Waals surface area (Å²) in [7, 11) is 0. The number of carbonyl (C=O) groups excluding carboxylic acids is 1. The highest BCUT2D eigenvalue weighted by Gasteiger charge is 2.64. The summed E-state index contributed by atoms with van der Waals surface area (Å²) in [6, 6.07) is 0. The Hall–Kier alpha value is 0.210. The number of carbonyl (C=O) groups is 1. The van der Waals surface area contributed by atoms with Gasteiger partial charge in [-0.05, 0) is 56.0 Å². The first-order valence-electron chi connectivity index (χ1n) is 5.46. The molecule has 0 aromatic heterocycles. The Morgan fingerprint density at radius 2 is 1.93 bits per heavy atom. The van der Waals surface area contributed by atoms with Crippen molar-refractivity contribution in [3.05, 3.63) is 0 Å². The van der Waals surface area contributed by atoms with Crippen molar-refractivity contribution in [3.63, 3.8) is 0 Å². The van der Waals surface area contributed by atoms with Gasteiger partial charge in [0.15, 0.2) is 0 Å². The highest BCUT2D eigenvalue weighted by atomic mass is 35.5. The summed E-state index contributed by atoms with van der Waals surface area (Å²) in [6.45, 7) is 0. The fourth-order valence-electron chi connectivity index (χ4n) is 4.49. The van der Waals surface area contributed by atoms with Crippen molar-refractivity contribution in [2.75, 3.05) is 0 Å². The zero-order valence-electron chi connectivity index (χ0n) is 8.43. The zero-order chi connectivity index (χ0) is 10.9. The second-order valence-electron chi connectivity index (χ2n) is 5.94. The molecule has 4 fully saturated rings. The van der Waals surface area contributed by atoms with E-state index in [1.165, 1.54) is 0 Å². The van der Waals surface area contributed by atoms with Gasteiger partial charge in [0.05, 0.1) is 5.60 Å². The third-order valence-electron chi connectivity index (χ3n) is 4.39. The van der Waals surface area contributed by atoms with E-state index in [0.717, 1.165) is 19.3 Å². The van der Waals surface area contributed by atoms with Gasteiger partial charge in [0.25, 0.3) is 0 Å². The quantitative estimate of drug-likeness (QED) is 0.572. The molecule has 4 saturated carbocycles. The summed E-state index contributed by atoms with van der Waals surface area (Å²) in [6.07, 6.45) is 4.36. The highest BCUT2D eigenvalue weighted by molar-refractivity contribution is 6.64. The van der Waals surface area contributed by atoms with Gasteiger partial charge in [-0.2, -0.15) is 0 Å². The van der Waals surface area contributed by atoms with E-state index in [1.54, 1.807) is 0 Å². The van der Waals surface area contributed by atoms with Crippen LogP contribution in [0.25, 0.3) is 0 Å². The van der Waals surface area contributed by atoms with Gasteiger partial charge in [-0.1, -0.05) is 0 Å². The molecule has 0 heterocycles. The van der Waals surface area contributed by atoms with Crippen molar-refractivity contribution in [1.29, 1.82) is 0 Å². The molecule has 4 atom stereocenters. The molecule has 0 saturated heterocycles. The van der Waals surface area contributed by atoms with Gasteiger partial charge in [0.1, 0.15) is 0 Å². The maximum Gasteiger partial charge on any atom is 0.227 e. The molecule has 0 amide bonds. The third kappa shape index (κ3) is 1.38. The van der Waals surface area contributed by atoms with E-state index in [4.69, 9.17) is 23.2 Å². The summed E-state index contributed by atoms with van der Waals surface area (Å²) < 4.78 is 0. The average molecular weight is 249 g/mol.